The van der Waals surface area contributed by atoms with Crippen molar-refractivity contribution < 1.29 is 0 Å². The molecule has 32 valence electrons. The second-order valence-corrected chi connectivity index (χ2v) is 0. The molecule has 0 fully saturated rings. The summed E-state index contributed by atoms with van der Waals surface area (Å²) in [6.07, 6.45) is 0. The number of hydrogen-bond donors (Lipinski definition) is 0. The summed E-state index contributed by atoms with van der Waals surface area (Å²) in [4.78, 5) is 0. The van der Waals surface area contributed by atoms with Crippen LogP contribution in [0.3, 0.4) is 0 Å². The summed E-state index contributed by atoms with van der Waals surface area (Å²) in [7, 11) is 0. The summed E-state index contributed by atoms with van der Waals surface area (Å²) >= 11 is 0. The van der Waals surface area contributed by atoms with Crippen LogP contribution in [0.15, 0.2) is 0 Å². The second kappa shape index (κ2) is 19.1. The Morgan fingerprint density at radius 3 is 0.500 bits per heavy atom. The fourth-order valence-electron chi connectivity index (χ4n) is 0. The monoisotopic (exact) mass is 324 g/mol. The molecule has 0 unspecified atom stereocenters. The molecule has 0 aliphatic heterocycles. The molecule has 0 aliphatic rings. The summed E-state index contributed by atoms with van der Waals surface area (Å²) < 4.78 is 0. The van der Waals surface area contributed by atoms with Gasteiger partial charge in [-0.2, -0.15) is 27.0 Å². The van der Waals surface area contributed by atoms with E-state index in [9.17, 15) is 0 Å². The first-order valence-electron chi connectivity index (χ1n) is 0. The maximum Gasteiger partial charge on any atom is -0.107 e. The molecule has 0 amide bonds. The van der Waals surface area contributed by atoms with E-state index in [4.69, 9.17) is 0 Å². The van der Waals surface area contributed by atoms with Crippen LogP contribution < -0.4 is 0 Å². The maximum atomic E-state index is 0. The van der Waals surface area contributed by atoms with E-state index >= 15 is 0 Å². The van der Waals surface area contributed by atoms with Gasteiger partial charge >= 0.3 is 0 Å². The molecule has 0 aromatic rings. The van der Waals surface area contributed by atoms with Gasteiger partial charge in [-0.3, -0.25) is 0 Å². The first kappa shape index (κ1) is 35.2. The number of halogens is 2. The maximum absolute atomic E-state index is 0. The Bertz CT molecular complexity index is 4.00. The summed E-state index contributed by atoms with van der Waals surface area (Å²) in [6.45, 7) is 0. The molecular formula is H6I2S2. The molecule has 0 heterocycles. The average Bonchev–Trinajstić information content (AvgIpc) is 0. The molecule has 0 rings (SSSR count). The lowest BCUT2D eigenvalue weighted by molar-refractivity contribution is 7.59. The smallest absolute Gasteiger partial charge is 0.107 e. The van der Waals surface area contributed by atoms with Gasteiger partial charge in [-0.25, -0.2) is 0 Å². The molecule has 4 heteroatoms. The van der Waals surface area contributed by atoms with Crippen LogP contribution in [0.4, 0.5) is 0 Å². The minimum Gasteiger partial charge on any atom is -0.197 e. The lowest BCUT2D eigenvalue weighted by atomic mass is 32.1. The normalized spacial score (nSPS) is 0. The molecule has 0 aromatic heterocycles. The molecule has 0 saturated heterocycles. The summed E-state index contributed by atoms with van der Waals surface area (Å²) in [6, 6.07) is 0. The number of hydrogen-bond acceptors (Lipinski definition) is 0. The highest BCUT2D eigenvalue weighted by atomic mass is 127. The fourth-order valence-corrected chi connectivity index (χ4v) is 0. The van der Waals surface area contributed by atoms with Crippen LogP contribution in [-0.4, -0.2) is 0 Å². The number of rotatable bonds is 0. The largest absolute Gasteiger partial charge is 0.197 e. The fraction of sp³-hybridized carbons (Fsp3) is 0. The van der Waals surface area contributed by atoms with E-state index in [1.807, 2.05) is 0 Å². The Kier molecular flexibility index (Phi) is 168. The van der Waals surface area contributed by atoms with Crippen molar-refractivity contribution in [1.82, 2.24) is 0 Å². The van der Waals surface area contributed by atoms with Crippen LogP contribution >= 0.6 is 74.9 Å². The molecule has 0 saturated carbocycles. The Morgan fingerprint density at radius 2 is 0.500 bits per heavy atom. The quantitative estimate of drug-likeness (QED) is 0.592. The lowest BCUT2D eigenvalue weighted by Crippen LogP contribution is 0.647. The van der Waals surface area contributed by atoms with Crippen molar-refractivity contribution in [1.29, 1.82) is 0 Å². The third-order valence-corrected chi connectivity index (χ3v) is 0. The summed E-state index contributed by atoms with van der Waals surface area (Å²) in [5.41, 5.74) is 0. The van der Waals surface area contributed by atoms with E-state index in [1.165, 1.54) is 0 Å². The average molecular weight is 324 g/mol. The molecule has 0 spiro atoms. The van der Waals surface area contributed by atoms with E-state index in [-0.39, 0.29) is 74.9 Å². The highest BCUT2D eigenvalue weighted by molar-refractivity contribution is 14.0. The lowest BCUT2D eigenvalue weighted by Gasteiger charge is -0.198. The first-order chi connectivity index (χ1) is 0. The van der Waals surface area contributed by atoms with Gasteiger partial charge in [0.2, 0.25) is 0 Å². The van der Waals surface area contributed by atoms with E-state index in [0.717, 1.165) is 0 Å². The van der Waals surface area contributed by atoms with Gasteiger partial charge in [-0.15, -0.1) is 48.0 Å². The Labute approximate surface area is 74.0 Å². The zero-order chi connectivity index (χ0) is 0. The molecule has 0 nitrogen and oxygen atoms in total. The van der Waals surface area contributed by atoms with Crippen LogP contribution in [-0.2, 0) is 0 Å². The SMILES string of the molecule is I.I.S.S. The Balaban J connectivity index is 0. The van der Waals surface area contributed by atoms with Gasteiger partial charge in [-0.1, -0.05) is 0 Å². The third kappa shape index (κ3) is 8.90. The molecule has 0 aromatic carbocycles. The predicted molar refractivity (Wildman–Crippen MR) is 51.6 cm³/mol. The van der Waals surface area contributed by atoms with Crippen molar-refractivity contribution in [3.05, 3.63) is 0 Å². The van der Waals surface area contributed by atoms with Gasteiger partial charge in [0, 0.05) is 0 Å². The van der Waals surface area contributed by atoms with Crippen LogP contribution in [0.5, 0.6) is 0 Å². The molecular weight excluding hydrogens is 318 g/mol. The van der Waals surface area contributed by atoms with Crippen molar-refractivity contribution in [2.24, 2.45) is 0 Å². The van der Waals surface area contributed by atoms with E-state index in [1.54, 1.807) is 0 Å². The molecule has 0 aliphatic carbocycles. The van der Waals surface area contributed by atoms with Crippen molar-refractivity contribution in [2.75, 3.05) is 0 Å². The van der Waals surface area contributed by atoms with Gasteiger partial charge in [0.15, 0.2) is 0 Å². The van der Waals surface area contributed by atoms with Crippen LogP contribution in [0.1, 0.15) is 0 Å². The second-order valence-electron chi connectivity index (χ2n) is 0. The first-order valence-corrected chi connectivity index (χ1v) is 0. The Hall–Kier alpha value is 2.16. The molecule has 0 radical (unpaired) electrons. The van der Waals surface area contributed by atoms with Crippen LogP contribution in [0.2, 0.25) is 0 Å². The molecule has 0 bridgehead atoms. The molecule has 0 atom stereocenters. The van der Waals surface area contributed by atoms with Crippen molar-refractivity contribution in [3.63, 3.8) is 0 Å². The highest BCUT2D eigenvalue weighted by Gasteiger charge is -0.106. The van der Waals surface area contributed by atoms with E-state index < -0.39 is 0 Å². The van der Waals surface area contributed by atoms with E-state index in [2.05, 4.69) is 0 Å². The highest BCUT2D eigenvalue weighted by Crippen LogP contribution is 0.887. The minimum atomic E-state index is 0. The Morgan fingerprint density at radius 1 is 0.500 bits per heavy atom. The van der Waals surface area contributed by atoms with Gasteiger partial charge in [0.1, 0.15) is 0 Å². The minimum absolute atomic E-state index is 0. The van der Waals surface area contributed by atoms with Gasteiger partial charge in [-0.05, 0) is 0 Å². The third-order valence-electron chi connectivity index (χ3n) is 0. The van der Waals surface area contributed by atoms with Crippen molar-refractivity contribution in [2.45, 2.75) is 0 Å². The summed E-state index contributed by atoms with van der Waals surface area (Å²) in [5.74, 6) is 0. The zero-order valence-corrected chi connectivity index (χ0v) is 8.48. The van der Waals surface area contributed by atoms with Gasteiger partial charge in [0.25, 0.3) is 0 Å². The zero-order valence-electron chi connectivity index (χ0n) is 1.82. The molecule has 0 N–H and O–H groups in total. The predicted octanol–water partition coefficient (Wildman–Crippen LogP) is 1.46. The standard InChI is InChI=1S/2HI.2H2S/h2*1H;2*1H2. The van der Waals surface area contributed by atoms with Crippen LogP contribution in [0, 0.1) is 0 Å². The molecule has 4 heavy (non-hydrogen) atoms. The topological polar surface area (TPSA) is 0 Å². The van der Waals surface area contributed by atoms with Crippen molar-refractivity contribution in [3.8, 4) is 0 Å². The van der Waals surface area contributed by atoms with Gasteiger partial charge < -0.3 is 0 Å². The van der Waals surface area contributed by atoms with Gasteiger partial charge in [0.05, 0.1) is 0 Å². The van der Waals surface area contributed by atoms with Crippen molar-refractivity contribution >= 4 is 74.9 Å². The summed E-state index contributed by atoms with van der Waals surface area (Å²) in [5, 5.41) is 0. The van der Waals surface area contributed by atoms with E-state index in [0.29, 0.717) is 0 Å². The van der Waals surface area contributed by atoms with Crippen LogP contribution in [0.25, 0.3) is 0 Å².